The molecule has 1 aromatic carbocycles. The number of thiophene rings is 2. The molecule has 0 amide bonds. The van der Waals surface area contributed by atoms with Crippen molar-refractivity contribution >= 4 is 44.7 Å². The SMILES string of the molecule is O=c1[nH]c(SCc2cccs2)nc2scc(-c3ccccc3)c12. The number of hydrogen-bond donors (Lipinski definition) is 1. The van der Waals surface area contributed by atoms with Gasteiger partial charge in [0.2, 0.25) is 0 Å². The van der Waals surface area contributed by atoms with Crippen LogP contribution >= 0.6 is 34.4 Å². The summed E-state index contributed by atoms with van der Waals surface area (Å²) in [6.07, 6.45) is 0. The van der Waals surface area contributed by atoms with Gasteiger partial charge in [0.25, 0.3) is 5.56 Å². The number of thioether (sulfide) groups is 1. The molecular formula is C17H12N2OS3. The van der Waals surface area contributed by atoms with Crippen LogP contribution in [0.2, 0.25) is 0 Å². The molecule has 6 heteroatoms. The molecule has 0 aliphatic carbocycles. The summed E-state index contributed by atoms with van der Waals surface area (Å²) in [6.45, 7) is 0. The number of benzene rings is 1. The first kappa shape index (κ1) is 14.7. The summed E-state index contributed by atoms with van der Waals surface area (Å²) in [5, 5.41) is 5.43. The molecule has 0 aliphatic rings. The van der Waals surface area contributed by atoms with Crippen LogP contribution in [0.25, 0.3) is 21.3 Å². The number of aromatic amines is 1. The van der Waals surface area contributed by atoms with Gasteiger partial charge in [-0.25, -0.2) is 4.98 Å². The molecule has 114 valence electrons. The minimum absolute atomic E-state index is 0.0659. The molecule has 0 spiro atoms. The summed E-state index contributed by atoms with van der Waals surface area (Å²) in [5.74, 6) is 0.822. The Hall–Kier alpha value is -1.89. The molecule has 0 saturated heterocycles. The van der Waals surface area contributed by atoms with Crippen LogP contribution in [-0.2, 0) is 5.75 Å². The average Bonchev–Trinajstić information content (AvgIpc) is 3.23. The minimum Gasteiger partial charge on any atom is -0.301 e. The first-order valence-corrected chi connectivity index (χ1v) is 9.78. The van der Waals surface area contributed by atoms with Crippen molar-refractivity contribution in [2.45, 2.75) is 10.9 Å². The summed E-state index contributed by atoms with van der Waals surface area (Å²) >= 11 is 4.79. The molecule has 0 unspecified atom stereocenters. The van der Waals surface area contributed by atoms with E-state index in [1.807, 2.05) is 41.8 Å². The van der Waals surface area contributed by atoms with Gasteiger partial charge >= 0.3 is 0 Å². The second kappa shape index (κ2) is 6.31. The van der Waals surface area contributed by atoms with E-state index >= 15 is 0 Å². The zero-order valence-electron chi connectivity index (χ0n) is 12.0. The molecule has 0 aliphatic heterocycles. The lowest BCUT2D eigenvalue weighted by molar-refractivity contribution is 0.980. The normalized spacial score (nSPS) is 11.1. The topological polar surface area (TPSA) is 45.8 Å². The van der Waals surface area contributed by atoms with E-state index in [4.69, 9.17) is 0 Å². The minimum atomic E-state index is -0.0659. The molecule has 1 N–H and O–H groups in total. The molecule has 4 rings (SSSR count). The van der Waals surface area contributed by atoms with E-state index in [1.54, 1.807) is 23.1 Å². The second-order valence-corrected chi connectivity index (χ2v) is 7.79. The van der Waals surface area contributed by atoms with Gasteiger partial charge in [0, 0.05) is 21.6 Å². The molecule has 3 aromatic heterocycles. The summed E-state index contributed by atoms with van der Waals surface area (Å²) in [6, 6.07) is 14.1. The monoisotopic (exact) mass is 356 g/mol. The van der Waals surface area contributed by atoms with E-state index in [2.05, 4.69) is 21.4 Å². The van der Waals surface area contributed by atoms with Crippen molar-refractivity contribution in [3.8, 4) is 11.1 Å². The van der Waals surface area contributed by atoms with E-state index in [-0.39, 0.29) is 5.56 Å². The molecule has 4 aromatic rings. The Morgan fingerprint density at radius 3 is 2.74 bits per heavy atom. The zero-order chi connectivity index (χ0) is 15.6. The Bertz CT molecular complexity index is 988. The summed E-state index contributed by atoms with van der Waals surface area (Å²) in [7, 11) is 0. The number of nitrogens with zero attached hydrogens (tertiary/aromatic N) is 1. The predicted molar refractivity (Wildman–Crippen MR) is 99.6 cm³/mol. The van der Waals surface area contributed by atoms with Gasteiger partial charge in [-0.05, 0) is 17.0 Å². The van der Waals surface area contributed by atoms with Crippen LogP contribution in [0, 0.1) is 0 Å². The van der Waals surface area contributed by atoms with E-state index in [0.717, 1.165) is 21.7 Å². The molecule has 3 heterocycles. The highest BCUT2D eigenvalue weighted by atomic mass is 32.2. The fraction of sp³-hybridized carbons (Fsp3) is 0.0588. The Morgan fingerprint density at radius 2 is 1.96 bits per heavy atom. The lowest BCUT2D eigenvalue weighted by Crippen LogP contribution is -2.08. The number of rotatable bonds is 4. The highest BCUT2D eigenvalue weighted by molar-refractivity contribution is 7.98. The summed E-state index contributed by atoms with van der Waals surface area (Å²) < 4.78 is 0. The Kier molecular flexibility index (Phi) is 4.03. The second-order valence-electron chi connectivity index (χ2n) is 4.93. The third kappa shape index (κ3) is 2.97. The van der Waals surface area contributed by atoms with Crippen molar-refractivity contribution in [3.63, 3.8) is 0 Å². The predicted octanol–water partition coefficient (Wildman–Crippen LogP) is 5.01. The number of hydrogen-bond acceptors (Lipinski definition) is 5. The van der Waals surface area contributed by atoms with Crippen molar-refractivity contribution in [1.29, 1.82) is 0 Å². The molecule has 0 saturated carbocycles. The molecule has 0 radical (unpaired) electrons. The summed E-state index contributed by atoms with van der Waals surface area (Å²) in [4.78, 5) is 22.1. The van der Waals surface area contributed by atoms with Crippen molar-refractivity contribution in [2.24, 2.45) is 0 Å². The molecule has 0 bridgehead atoms. The number of H-pyrrole nitrogens is 1. The van der Waals surface area contributed by atoms with Gasteiger partial charge in [-0.3, -0.25) is 4.79 Å². The van der Waals surface area contributed by atoms with Crippen LogP contribution in [0.15, 0.2) is 63.2 Å². The maximum Gasteiger partial charge on any atom is 0.260 e. The van der Waals surface area contributed by atoms with Crippen LogP contribution in [0.3, 0.4) is 0 Å². The number of nitrogens with one attached hydrogen (secondary N) is 1. The number of aromatic nitrogens is 2. The highest BCUT2D eigenvalue weighted by Crippen LogP contribution is 2.31. The smallest absolute Gasteiger partial charge is 0.260 e. The standard InChI is InChI=1S/C17H12N2OS3/c20-15-14-13(11-5-2-1-3-6-11)10-22-16(14)19-17(18-15)23-9-12-7-4-8-21-12/h1-8,10H,9H2,(H,18,19,20). The largest absolute Gasteiger partial charge is 0.301 e. The van der Waals surface area contributed by atoms with Gasteiger partial charge in [-0.15, -0.1) is 22.7 Å². The van der Waals surface area contributed by atoms with E-state index in [9.17, 15) is 4.79 Å². The maximum atomic E-state index is 12.5. The van der Waals surface area contributed by atoms with Crippen LogP contribution in [0.5, 0.6) is 0 Å². The van der Waals surface area contributed by atoms with Gasteiger partial charge < -0.3 is 4.98 Å². The van der Waals surface area contributed by atoms with E-state index < -0.39 is 0 Å². The third-order valence-electron chi connectivity index (χ3n) is 3.44. The first-order valence-electron chi connectivity index (χ1n) is 7.03. The van der Waals surface area contributed by atoms with Gasteiger partial charge in [-0.1, -0.05) is 48.2 Å². The van der Waals surface area contributed by atoms with E-state index in [1.165, 1.54) is 16.2 Å². The van der Waals surface area contributed by atoms with Crippen molar-refractivity contribution in [2.75, 3.05) is 0 Å². The van der Waals surface area contributed by atoms with Crippen LogP contribution in [0.4, 0.5) is 0 Å². The Labute approximate surface area is 145 Å². The van der Waals surface area contributed by atoms with Crippen molar-refractivity contribution in [3.05, 3.63) is 68.5 Å². The quantitative estimate of drug-likeness (QED) is 0.413. The zero-order valence-corrected chi connectivity index (χ0v) is 14.4. The maximum absolute atomic E-state index is 12.5. The molecule has 0 fully saturated rings. The van der Waals surface area contributed by atoms with Crippen LogP contribution in [-0.4, -0.2) is 9.97 Å². The third-order valence-corrected chi connectivity index (χ3v) is 6.29. The van der Waals surface area contributed by atoms with Gasteiger partial charge in [-0.2, -0.15) is 0 Å². The van der Waals surface area contributed by atoms with Crippen LogP contribution < -0.4 is 5.56 Å². The van der Waals surface area contributed by atoms with Crippen LogP contribution in [0.1, 0.15) is 4.88 Å². The Morgan fingerprint density at radius 1 is 1.09 bits per heavy atom. The highest BCUT2D eigenvalue weighted by Gasteiger charge is 2.13. The lowest BCUT2D eigenvalue weighted by atomic mass is 10.1. The molecular weight excluding hydrogens is 344 g/mol. The molecule has 3 nitrogen and oxygen atoms in total. The fourth-order valence-electron chi connectivity index (χ4n) is 2.36. The molecule has 23 heavy (non-hydrogen) atoms. The van der Waals surface area contributed by atoms with Gasteiger partial charge in [0.15, 0.2) is 5.16 Å². The number of fused-ring (bicyclic) bond motifs is 1. The van der Waals surface area contributed by atoms with Gasteiger partial charge in [0.1, 0.15) is 4.83 Å². The summed E-state index contributed by atoms with van der Waals surface area (Å²) in [5.41, 5.74) is 1.93. The Balaban J connectivity index is 1.71. The van der Waals surface area contributed by atoms with Gasteiger partial charge in [0.05, 0.1) is 5.39 Å². The molecule has 0 atom stereocenters. The lowest BCUT2D eigenvalue weighted by Gasteiger charge is -2.01. The van der Waals surface area contributed by atoms with Crippen molar-refractivity contribution < 1.29 is 0 Å². The first-order chi connectivity index (χ1) is 11.3. The fourth-order valence-corrected chi connectivity index (χ4v) is 5.00. The average molecular weight is 356 g/mol. The van der Waals surface area contributed by atoms with Crippen molar-refractivity contribution in [1.82, 2.24) is 9.97 Å². The van der Waals surface area contributed by atoms with E-state index in [0.29, 0.717) is 10.5 Å².